The summed E-state index contributed by atoms with van der Waals surface area (Å²) in [6, 6.07) is 1.26. The molecule has 0 aliphatic heterocycles. The van der Waals surface area contributed by atoms with E-state index in [-0.39, 0.29) is 28.2 Å². The molecule has 0 spiro atoms. The third-order valence-electron chi connectivity index (χ3n) is 0.803. The molecule has 0 radical (unpaired) electrons. The van der Waals surface area contributed by atoms with E-state index in [2.05, 4.69) is 4.98 Å². The number of nitrogens with one attached hydrogen (secondary N) is 1. The Balaban J connectivity index is 0.000000640. The maximum Gasteiger partial charge on any atom is 0.223 e. The fraction of sp³-hybridized carbons (Fsp3) is 0. The number of H-pyrrole nitrogens is 1. The van der Waals surface area contributed by atoms with E-state index >= 15 is 0 Å². The van der Waals surface area contributed by atoms with Crippen molar-refractivity contribution in [1.82, 2.24) is 4.98 Å². The van der Waals surface area contributed by atoms with Crippen LogP contribution in [0, 0.1) is 0 Å². The molecule has 0 amide bonds. The number of aromatic hydroxyl groups is 1. The number of rotatable bonds is 0. The van der Waals surface area contributed by atoms with Crippen molar-refractivity contribution >= 4 is 0 Å². The summed E-state index contributed by atoms with van der Waals surface area (Å²) in [6.45, 7) is 0. The largest absolute Gasteiger partial charge is 0.503 e. The van der Waals surface area contributed by atoms with E-state index in [1.165, 1.54) is 18.5 Å². The molecule has 0 unspecified atom stereocenters. The summed E-state index contributed by atoms with van der Waals surface area (Å²) in [6.07, 6.45) is 2.70. The fourth-order valence-electron chi connectivity index (χ4n) is 0.407. The van der Waals surface area contributed by atoms with Crippen molar-refractivity contribution in [3.8, 4) is 5.75 Å². The number of aromatic nitrogens is 1. The quantitative estimate of drug-likeness (QED) is 0.537. The maximum atomic E-state index is 10.3. The van der Waals surface area contributed by atoms with Gasteiger partial charge >= 0.3 is 0 Å². The van der Waals surface area contributed by atoms with Gasteiger partial charge in [-0.3, -0.25) is 4.79 Å². The maximum absolute atomic E-state index is 10.3. The Morgan fingerprint density at radius 3 is 2.56 bits per heavy atom. The second-order valence-corrected chi connectivity index (χ2v) is 1.39. The molecule has 0 saturated heterocycles. The molecule has 3 nitrogen and oxygen atoms in total. The van der Waals surface area contributed by atoms with Crippen LogP contribution in [0.1, 0.15) is 0 Å². The molecular weight excluding hydrogens is 162 g/mol. The van der Waals surface area contributed by atoms with Gasteiger partial charge in [0.1, 0.15) is 0 Å². The van der Waals surface area contributed by atoms with Gasteiger partial charge in [0.05, 0.1) is 0 Å². The van der Waals surface area contributed by atoms with Gasteiger partial charge in [-0.05, 0) is 0 Å². The average molecular weight is 167 g/mol. The molecule has 1 heterocycles. The molecule has 9 heavy (non-hydrogen) atoms. The van der Waals surface area contributed by atoms with Crippen LogP contribution in [0.5, 0.6) is 5.75 Å². The van der Waals surface area contributed by atoms with Crippen LogP contribution in [0.15, 0.2) is 23.3 Å². The van der Waals surface area contributed by atoms with Crippen LogP contribution in [0.4, 0.5) is 0 Å². The van der Waals surface area contributed by atoms with Crippen LogP contribution in [-0.2, 0) is 17.1 Å². The molecule has 0 aliphatic carbocycles. The van der Waals surface area contributed by atoms with Gasteiger partial charge in [0.15, 0.2) is 5.75 Å². The minimum atomic E-state index is -0.358. The Hall–Kier alpha value is -0.731. The summed E-state index contributed by atoms with van der Waals surface area (Å²) in [4.78, 5) is 12.9. The summed E-state index contributed by atoms with van der Waals surface area (Å²) < 4.78 is 0. The summed E-state index contributed by atoms with van der Waals surface area (Å²) in [5.41, 5.74) is -0.358. The van der Waals surface area contributed by atoms with Crippen molar-refractivity contribution < 1.29 is 22.2 Å². The first-order chi connectivity index (χ1) is 3.80. The first-order valence-corrected chi connectivity index (χ1v) is 2.17. The zero-order valence-corrected chi connectivity index (χ0v) is 5.55. The molecule has 1 rings (SSSR count). The zero-order chi connectivity index (χ0) is 5.98. The second-order valence-electron chi connectivity index (χ2n) is 1.39. The van der Waals surface area contributed by atoms with E-state index in [9.17, 15) is 4.79 Å². The van der Waals surface area contributed by atoms with Crippen molar-refractivity contribution in [2.45, 2.75) is 0 Å². The van der Waals surface area contributed by atoms with E-state index in [0.717, 1.165) is 0 Å². The molecule has 1 aromatic rings. The molecule has 1 aromatic heterocycles. The molecule has 0 aromatic carbocycles. The van der Waals surface area contributed by atoms with Gasteiger partial charge in [-0.1, -0.05) is 0 Å². The third kappa shape index (κ3) is 1.91. The van der Waals surface area contributed by atoms with Gasteiger partial charge in [-0.15, -0.1) is 0 Å². The zero-order valence-electron chi connectivity index (χ0n) is 4.44. The van der Waals surface area contributed by atoms with Crippen molar-refractivity contribution in [3.05, 3.63) is 28.7 Å². The van der Waals surface area contributed by atoms with Crippen LogP contribution < -0.4 is 5.43 Å². The predicted octanol–water partition coefficient (Wildman–Crippen LogP) is 0.0780. The smallest absolute Gasteiger partial charge is 0.223 e. The van der Waals surface area contributed by atoms with Gasteiger partial charge in [0.25, 0.3) is 0 Å². The van der Waals surface area contributed by atoms with Crippen molar-refractivity contribution in [1.29, 1.82) is 0 Å². The van der Waals surface area contributed by atoms with E-state index in [1.807, 2.05) is 0 Å². The SMILES string of the molecule is O=c1cc[nH]cc1O.[Fe]. The monoisotopic (exact) mass is 167 g/mol. The first-order valence-electron chi connectivity index (χ1n) is 2.17. The van der Waals surface area contributed by atoms with Gasteiger partial charge in [-0.2, -0.15) is 0 Å². The van der Waals surface area contributed by atoms with Crippen LogP contribution in [-0.4, -0.2) is 10.1 Å². The van der Waals surface area contributed by atoms with Gasteiger partial charge in [0.2, 0.25) is 5.43 Å². The van der Waals surface area contributed by atoms with E-state index < -0.39 is 0 Å². The van der Waals surface area contributed by atoms with Gasteiger partial charge < -0.3 is 10.1 Å². The number of hydrogen-bond donors (Lipinski definition) is 2. The van der Waals surface area contributed by atoms with Crippen LogP contribution in [0.3, 0.4) is 0 Å². The van der Waals surface area contributed by atoms with Crippen molar-refractivity contribution in [2.24, 2.45) is 0 Å². The molecule has 0 bridgehead atoms. The Kier molecular flexibility index (Phi) is 3.06. The van der Waals surface area contributed by atoms with E-state index in [0.29, 0.717) is 0 Å². The normalized spacial score (nSPS) is 8.00. The molecule has 0 saturated carbocycles. The molecule has 2 N–H and O–H groups in total. The molecule has 4 heteroatoms. The standard InChI is InChI=1S/C5H5NO2.Fe/c7-4-1-2-6-3-5(4)8;/h1-3,8H,(H,6,7);. The van der Waals surface area contributed by atoms with E-state index in [4.69, 9.17) is 5.11 Å². The Morgan fingerprint density at radius 2 is 2.22 bits per heavy atom. The van der Waals surface area contributed by atoms with Crippen LogP contribution >= 0.6 is 0 Å². The topological polar surface area (TPSA) is 53.1 Å². The molecule has 0 atom stereocenters. The minimum absolute atomic E-state index is 0. The van der Waals surface area contributed by atoms with E-state index in [1.54, 1.807) is 0 Å². The Labute approximate surface area is 62.2 Å². The number of pyridine rings is 1. The Morgan fingerprint density at radius 1 is 1.56 bits per heavy atom. The van der Waals surface area contributed by atoms with Crippen molar-refractivity contribution in [2.75, 3.05) is 0 Å². The predicted molar refractivity (Wildman–Crippen MR) is 28.7 cm³/mol. The Bertz CT molecular complexity index is 232. The second kappa shape index (κ2) is 3.33. The summed E-state index contributed by atoms with van der Waals surface area (Å²) in [7, 11) is 0. The number of hydrogen-bond acceptors (Lipinski definition) is 2. The first kappa shape index (κ1) is 8.27. The molecular formula is C5H5FeNO2. The van der Waals surface area contributed by atoms with Gasteiger partial charge in [0, 0.05) is 35.5 Å². The number of aromatic amines is 1. The minimum Gasteiger partial charge on any atom is -0.503 e. The summed E-state index contributed by atoms with van der Waals surface area (Å²) in [5, 5.41) is 8.58. The van der Waals surface area contributed by atoms with Crippen molar-refractivity contribution in [3.63, 3.8) is 0 Å². The molecule has 50 valence electrons. The van der Waals surface area contributed by atoms with Gasteiger partial charge in [-0.25, -0.2) is 0 Å². The molecule has 0 fully saturated rings. The summed E-state index contributed by atoms with van der Waals surface area (Å²) >= 11 is 0. The fourth-order valence-corrected chi connectivity index (χ4v) is 0.407. The average Bonchev–Trinajstić information content (AvgIpc) is 1.77. The third-order valence-corrected chi connectivity index (χ3v) is 0.803. The van der Waals surface area contributed by atoms with Crippen LogP contribution in [0.2, 0.25) is 0 Å². The molecule has 0 aliphatic rings. The summed E-state index contributed by atoms with van der Waals surface area (Å²) in [5.74, 6) is -0.243. The van der Waals surface area contributed by atoms with Crippen LogP contribution in [0.25, 0.3) is 0 Å².